The van der Waals surface area contributed by atoms with Crippen molar-refractivity contribution in [3.63, 3.8) is 0 Å². The van der Waals surface area contributed by atoms with Crippen LogP contribution < -0.4 is 0 Å². The van der Waals surface area contributed by atoms with Crippen LogP contribution in [0.3, 0.4) is 0 Å². The highest BCUT2D eigenvalue weighted by Gasteiger charge is 2.05. The van der Waals surface area contributed by atoms with E-state index in [9.17, 15) is 4.79 Å². The lowest BCUT2D eigenvalue weighted by molar-refractivity contribution is -0.140. The van der Waals surface area contributed by atoms with E-state index in [0.717, 1.165) is 24.5 Å². The second-order valence-corrected chi connectivity index (χ2v) is 4.90. The molecule has 3 nitrogen and oxygen atoms in total. The maximum absolute atomic E-state index is 11.5. The molecule has 0 aliphatic carbocycles. The Morgan fingerprint density at radius 3 is 2.50 bits per heavy atom. The van der Waals surface area contributed by atoms with Crippen LogP contribution in [-0.4, -0.2) is 42.9 Å². The van der Waals surface area contributed by atoms with E-state index >= 15 is 0 Å². The van der Waals surface area contributed by atoms with Gasteiger partial charge in [-0.05, 0) is 25.2 Å². The van der Waals surface area contributed by atoms with Crippen molar-refractivity contribution >= 4 is 17.7 Å². The molecule has 0 amide bonds. The van der Waals surface area contributed by atoms with E-state index in [1.807, 2.05) is 30.3 Å². The molecule has 0 atom stereocenters. The van der Waals surface area contributed by atoms with Gasteiger partial charge in [0.1, 0.15) is 6.61 Å². The van der Waals surface area contributed by atoms with Gasteiger partial charge in [-0.25, -0.2) is 0 Å². The summed E-state index contributed by atoms with van der Waals surface area (Å²) in [4.78, 5) is 14.8. The fourth-order valence-electron chi connectivity index (χ4n) is 1.53. The normalized spacial score (nSPS) is 10.6. The smallest absolute Gasteiger partial charge is 0.316 e. The van der Waals surface area contributed by atoms with Gasteiger partial charge >= 0.3 is 5.97 Å². The Morgan fingerprint density at radius 2 is 1.89 bits per heavy atom. The molecule has 0 unspecified atom stereocenters. The molecule has 0 bridgehead atoms. The van der Waals surface area contributed by atoms with Crippen molar-refractivity contribution in [2.45, 2.75) is 18.7 Å². The van der Waals surface area contributed by atoms with Gasteiger partial charge in [0.05, 0.1) is 5.75 Å². The molecular weight excluding hydrogens is 246 g/mol. The van der Waals surface area contributed by atoms with Gasteiger partial charge in [-0.2, -0.15) is 0 Å². The molecule has 0 saturated carbocycles. The van der Waals surface area contributed by atoms with Crippen molar-refractivity contribution in [3.8, 4) is 0 Å². The van der Waals surface area contributed by atoms with Crippen molar-refractivity contribution in [2.24, 2.45) is 0 Å². The number of likely N-dealkylation sites (N-methyl/N-ethyl adjacent to an activating group) is 1. The molecule has 0 heterocycles. The topological polar surface area (TPSA) is 29.5 Å². The third-order valence-corrected chi connectivity index (χ3v) is 3.65. The van der Waals surface area contributed by atoms with E-state index in [1.165, 1.54) is 11.8 Å². The van der Waals surface area contributed by atoms with Gasteiger partial charge in [0, 0.05) is 11.4 Å². The summed E-state index contributed by atoms with van der Waals surface area (Å²) in [6.45, 7) is 7.50. The predicted molar refractivity (Wildman–Crippen MR) is 75.9 cm³/mol. The Kier molecular flexibility index (Phi) is 7.53. The average molecular weight is 267 g/mol. The quantitative estimate of drug-likeness (QED) is 0.535. The highest BCUT2D eigenvalue weighted by molar-refractivity contribution is 8.00. The summed E-state index contributed by atoms with van der Waals surface area (Å²) in [5.74, 6) is 0.235. The molecule has 1 aromatic carbocycles. The Balaban J connectivity index is 2.14. The van der Waals surface area contributed by atoms with E-state index in [2.05, 4.69) is 18.7 Å². The maximum atomic E-state index is 11.5. The Bertz CT molecular complexity index is 339. The zero-order chi connectivity index (χ0) is 13.2. The molecule has 18 heavy (non-hydrogen) atoms. The number of benzene rings is 1. The van der Waals surface area contributed by atoms with Gasteiger partial charge in [0.15, 0.2) is 0 Å². The standard InChI is InChI=1S/C14H21NO2S/c1-3-15(4-2)10-11-17-14(16)12-18-13-8-6-5-7-9-13/h5-9H,3-4,10-12H2,1-2H3. The molecule has 0 spiro atoms. The fraction of sp³-hybridized carbons (Fsp3) is 0.500. The first-order chi connectivity index (χ1) is 8.76. The predicted octanol–water partition coefficient (Wildman–Crippen LogP) is 2.66. The largest absolute Gasteiger partial charge is 0.464 e. The van der Waals surface area contributed by atoms with Gasteiger partial charge in [0.2, 0.25) is 0 Å². The lowest BCUT2D eigenvalue weighted by atomic mass is 10.4. The number of esters is 1. The lowest BCUT2D eigenvalue weighted by Gasteiger charge is -2.17. The second kappa shape index (κ2) is 9.00. The summed E-state index contributed by atoms with van der Waals surface area (Å²) in [6.07, 6.45) is 0. The van der Waals surface area contributed by atoms with Crippen molar-refractivity contribution < 1.29 is 9.53 Å². The van der Waals surface area contributed by atoms with Crippen molar-refractivity contribution in [1.29, 1.82) is 0 Å². The first-order valence-electron chi connectivity index (χ1n) is 6.32. The summed E-state index contributed by atoms with van der Waals surface area (Å²) in [5.41, 5.74) is 0. The van der Waals surface area contributed by atoms with E-state index in [1.54, 1.807) is 0 Å². The van der Waals surface area contributed by atoms with Crippen molar-refractivity contribution in [1.82, 2.24) is 4.90 Å². The second-order valence-electron chi connectivity index (χ2n) is 3.85. The molecule has 0 N–H and O–H groups in total. The molecule has 0 fully saturated rings. The monoisotopic (exact) mass is 267 g/mol. The van der Waals surface area contributed by atoms with E-state index in [-0.39, 0.29) is 5.97 Å². The molecule has 0 aliphatic heterocycles. The highest BCUT2D eigenvalue weighted by atomic mass is 32.2. The van der Waals surface area contributed by atoms with E-state index < -0.39 is 0 Å². The number of carbonyl (C=O) groups excluding carboxylic acids is 1. The number of hydrogen-bond donors (Lipinski definition) is 0. The first kappa shape index (κ1) is 15.1. The molecule has 0 aromatic heterocycles. The van der Waals surface area contributed by atoms with Crippen LogP contribution in [0.15, 0.2) is 35.2 Å². The van der Waals surface area contributed by atoms with Crippen LogP contribution in [0.4, 0.5) is 0 Å². The van der Waals surface area contributed by atoms with Crippen LogP contribution >= 0.6 is 11.8 Å². The molecule has 1 rings (SSSR count). The van der Waals surface area contributed by atoms with Crippen LogP contribution in [0.1, 0.15) is 13.8 Å². The van der Waals surface area contributed by atoms with Crippen molar-refractivity contribution in [3.05, 3.63) is 30.3 Å². The minimum atomic E-state index is -0.143. The van der Waals surface area contributed by atoms with Crippen LogP contribution in [-0.2, 0) is 9.53 Å². The number of carbonyl (C=O) groups is 1. The molecule has 0 aliphatic rings. The molecule has 4 heteroatoms. The molecular formula is C14H21NO2S. The van der Waals surface area contributed by atoms with Crippen molar-refractivity contribution in [2.75, 3.05) is 32.0 Å². The SMILES string of the molecule is CCN(CC)CCOC(=O)CSc1ccccc1. The number of hydrogen-bond acceptors (Lipinski definition) is 4. The number of ether oxygens (including phenoxy) is 1. The summed E-state index contributed by atoms with van der Waals surface area (Å²) >= 11 is 1.51. The van der Waals surface area contributed by atoms with E-state index in [4.69, 9.17) is 4.74 Å². The zero-order valence-electron chi connectivity index (χ0n) is 11.1. The minimum absolute atomic E-state index is 0.143. The Labute approximate surface area is 114 Å². The summed E-state index contributed by atoms with van der Waals surface area (Å²) in [5, 5.41) is 0. The van der Waals surface area contributed by atoms with Crippen LogP contribution in [0.5, 0.6) is 0 Å². The summed E-state index contributed by atoms with van der Waals surface area (Å²) in [6, 6.07) is 9.89. The number of nitrogens with zero attached hydrogens (tertiary/aromatic N) is 1. The molecule has 1 aromatic rings. The van der Waals surface area contributed by atoms with Gasteiger partial charge in [-0.3, -0.25) is 4.79 Å². The third-order valence-electron chi connectivity index (χ3n) is 2.66. The van der Waals surface area contributed by atoms with Crippen LogP contribution in [0.25, 0.3) is 0 Å². The average Bonchev–Trinajstić information content (AvgIpc) is 2.42. The summed E-state index contributed by atoms with van der Waals surface area (Å²) < 4.78 is 5.20. The Morgan fingerprint density at radius 1 is 1.22 bits per heavy atom. The number of thioether (sulfide) groups is 1. The molecule has 0 saturated heterocycles. The maximum Gasteiger partial charge on any atom is 0.316 e. The van der Waals surface area contributed by atoms with Gasteiger partial charge in [-0.15, -0.1) is 11.8 Å². The van der Waals surface area contributed by atoms with Gasteiger partial charge in [-0.1, -0.05) is 32.0 Å². The fourth-order valence-corrected chi connectivity index (χ4v) is 2.25. The first-order valence-corrected chi connectivity index (χ1v) is 7.30. The molecule has 0 radical (unpaired) electrons. The zero-order valence-corrected chi connectivity index (χ0v) is 11.9. The lowest BCUT2D eigenvalue weighted by Crippen LogP contribution is -2.28. The van der Waals surface area contributed by atoms with Gasteiger partial charge < -0.3 is 9.64 Å². The summed E-state index contributed by atoms with van der Waals surface area (Å²) in [7, 11) is 0. The van der Waals surface area contributed by atoms with Gasteiger partial charge in [0.25, 0.3) is 0 Å². The highest BCUT2D eigenvalue weighted by Crippen LogP contribution is 2.16. The van der Waals surface area contributed by atoms with Crippen LogP contribution in [0.2, 0.25) is 0 Å². The minimum Gasteiger partial charge on any atom is -0.464 e. The Hall–Kier alpha value is -1.00. The third kappa shape index (κ3) is 6.07. The van der Waals surface area contributed by atoms with E-state index in [0.29, 0.717) is 12.4 Å². The molecule has 100 valence electrons. The number of rotatable bonds is 8. The van der Waals surface area contributed by atoms with Crippen LogP contribution in [0, 0.1) is 0 Å².